The number of aryl methyl sites for hydroxylation is 1. The first-order chi connectivity index (χ1) is 7.36. The molecule has 0 aliphatic heterocycles. The Morgan fingerprint density at radius 1 is 1.38 bits per heavy atom. The first kappa shape index (κ1) is 13.0. The summed E-state index contributed by atoms with van der Waals surface area (Å²) in [7, 11) is 0. The highest BCUT2D eigenvalue weighted by Crippen LogP contribution is 2.31. The van der Waals surface area contributed by atoms with Gasteiger partial charge in [-0.1, -0.05) is 6.07 Å². The summed E-state index contributed by atoms with van der Waals surface area (Å²) in [5.74, 6) is 0. The smallest absolute Gasteiger partial charge is 0.388 e. The lowest BCUT2D eigenvalue weighted by atomic mass is 9.99. The highest BCUT2D eigenvalue weighted by Gasteiger charge is 2.30. The van der Waals surface area contributed by atoms with Crippen LogP contribution < -0.4 is 5.73 Å². The monoisotopic (exact) mass is 233 g/mol. The molecule has 0 saturated carbocycles. The van der Waals surface area contributed by atoms with Crippen molar-refractivity contribution in [2.75, 3.05) is 6.54 Å². The maximum absolute atomic E-state index is 12.4. The predicted molar refractivity (Wildman–Crippen MR) is 54.8 cm³/mol. The van der Waals surface area contributed by atoms with E-state index in [4.69, 9.17) is 5.73 Å². The summed E-state index contributed by atoms with van der Waals surface area (Å²) in [6.45, 7) is 1.84. The van der Waals surface area contributed by atoms with Crippen LogP contribution in [0.1, 0.15) is 29.2 Å². The summed E-state index contributed by atoms with van der Waals surface area (Å²) >= 11 is 0. The van der Waals surface area contributed by atoms with Crippen LogP contribution in [0.2, 0.25) is 0 Å². The van der Waals surface area contributed by atoms with Crippen molar-refractivity contribution in [3.63, 3.8) is 0 Å². The van der Waals surface area contributed by atoms with Gasteiger partial charge >= 0.3 is 6.18 Å². The van der Waals surface area contributed by atoms with E-state index in [1.807, 2.05) is 0 Å². The number of hydrogen-bond acceptors (Lipinski definition) is 2. The number of alkyl halides is 3. The number of nitrogens with two attached hydrogens (primary N) is 1. The molecule has 1 aromatic carbocycles. The molecule has 0 bridgehead atoms. The average molecular weight is 233 g/mol. The van der Waals surface area contributed by atoms with E-state index < -0.39 is 17.8 Å². The zero-order chi connectivity index (χ0) is 12.3. The van der Waals surface area contributed by atoms with E-state index in [9.17, 15) is 18.3 Å². The van der Waals surface area contributed by atoms with E-state index >= 15 is 0 Å². The van der Waals surface area contributed by atoms with Crippen LogP contribution in [0.15, 0.2) is 18.2 Å². The van der Waals surface area contributed by atoms with E-state index in [1.54, 1.807) is 6.92 Å². The Balaban J connectivity index is 3.00. The molecule has 3 N–H and O–H groups in total. The van der Waals surface area contributed by atoms with Crippen molar-refractivity contribution in [3.05, 3.63) is 34.9 Å². The second-order valence-corrected chi connectivity index (χ2v) is 3.66. The molecule has 16 heavy (non-hydrogen) atoms. The van der Waals surface area contributed by atoms with Gasteiger partial charge in [-0.05, 0) is 43.1 Å². The molecule has 5 heteroatoms. The van der Waals surface area contributed by atoms with Crippen LogP contribution in [0.5, 0.6) is 0 Å². The number of benzene rings is 1. The Labute approximate surface area is 91.9 Å². The van der Waals surface area contributed by atoms with E-state index in [2.05, 4.69) is 0 Å². The third kappa shape index (κ3) is 2.96. The molecule has 1 atom stereocenters. The summed E-state index contributed by atoms with van der Waals surface area (Å²) in [5, 5.41) is 9.63. The number of hydrogen-bond donors (Lipinski definition) is 2. The number of aliphatic hydroxyl groups excluding tert-OH is 1. The number of aliphatic hydroxyl groups is 1. The van der Waals surface area contributed by atoms with E-state index in [0.717, 1.165) is 12.1 Å². The van der Waals surface area contributed by atoms with Crippen LogP contribution in [0.3, 0.4) is 0 Å². The third-order valence-corrected chi connectivity index (χ3v) is 2.40. The minimum Gasteiger partial charge on any atom is -0.388 e. The molecule has 0 spiro atoms. The molecular formula is C11H14F3NO. The number of halogens is 3. The second-order valence-electron chi connectivity index (χ2n) is 3.66. The maximum Gasteiger partial charge on any atom is 0.416 e. The van der Waals surface area contributed by atoms with Crippen LogP contribution >= 0.6 is 0 Å². The van der Waals surface area contributed by atoms with Gasteiger partial charge in [0.05, 0.1) is 11.7 Å². The fourth-order valence-electron chi connectivity index (χ4n) is 1.54. The van der Waals surface area contributed by atoms with Crippen molar-refractivity contribution >= 4 is 0 Å². The minimum atomic E-state index is -4.35. The molecule has 0 aromatic heterocycles. The fraction of sp³-hybridized carbons (Fsp3) is 0.455. The zero-order valence-electron chi connectivity index (χ0n) is 8.88. The summed E-state index contributed by atoms with van der Waals surface area (Å²) in [6.07, 6.45) is -4.80. The van der Waals surface area contributed by atoms with Gasteiger partial charge in [-0.3, -0.25) is 0 Å². The normalized spacial score (nSPS) is 13.9. The topological polar surface area (TPSA) is 46.2 Å². The van der Waals surface area contributed by atoms with Crippen molar-refractivity contribution in [2.45, 2.75) is 25.6 Å². The highest BCUT2D eigenvalue weighted by atomic mass is 19.4. The Morgan fingerprint density at radius 3 is 2.44 bits per heavy atom. The van der Waals surface area contributed by atoms with Gasteiger partial charge in [-0.2, -0.15) is 13.2 Å². The van der Waals surface area contributed by atoms with Gasteiger partial charge in [0.25, 0.3) is 0 Å². The van der Waals surface area contributed by atoms with Gasteiger partial charge in [-0.15, -0.1) is 0 Å². The molecule has 1 aromatic rings. The molecule has 0 amide bonds. The standard InChI is InChI=1S/C11H14F3NO/c1-7-6-8(11(12,13)14)2-3-9(7)10(16)4-5-15/h2-3,6,10,16H,4-5,15H2,1H3/t10-/m1/s1. The minimum absolute atomic E-state index is 0.293. The summed E-state index contributed by atoms with van der Waals surface area (Å²) < 4.78 is 37.1. The molecule has 90 valence electrons. The third-order valence-electron chi connectivity index (χ3n) is 2.40. The van der Waals surface area contributed by atoms with Gasteiger partial charge < -0.3 is 10.8 Å². The van der Waals surface area contributed by atoms with Crippen molar-refractivity contribution in [1.29, 1.82) is 0 Å². The summed E-state index contributed by atoms with van der Waals surface area (Å²) in [4.78, 5) is 0. The lowest BCUT2D eigenvalue weighted by Gasteiger charge is -2.15. The quantitative estimate of drug-likeness (QED) is 0.842. The number of rotatable bonds is 3. The van der Waals surface area contributed by atoms with Crippen LogP contribution in [0.25, 0.3) is 0 Å². The van der Waals surface area contributed by atoms with E-state index in [0.29, 0.717) is 24.1 Å². The van der Waals surface area contributed by atoms with Gasteiger partial charge in [-0.25, -0.2) is 0 Å². The second kappa shape index (κ2) is 4.84. The van der Waals surface area contributed by atoms with Crippen LogP contribution in [-0.4, -0.2) is 11.7 Å². The Kier molecular flexibility index (Phi) is 3.93. The Hall–Kier alpha value is -1.07. The first-order valence-electron chi connectivity index (χ1n) is 4.92. The maximum atomic E-state index is 12.4. The molecule has 0 radical (unpaired) electrons. The molecule has 0 saturated heterocycles. The summed E-state index contributed by atoms with van der Waals surface area (Å²) in [6, 6.07) is 3.32. The zero-order valence-corrected chi connectivity index (χ0v) is 8.88. The van der Waals surface area contributed by atoms with Crippen molar-refractivity contribution < 1.29 is 18.3 Å². The highest BCUT2D eigenvalue weighted by molar-refractivity contribution is 5.33. The molecule has 0 unspecified atom stereocenters. The molecule has 0 aliphatic rings. The molecular weight excluding hydrogens is 219 g/mol. The lowest BCUT2D eigenvalue weighted by molar-refractivity contribution is -0.137. The van der Waals surface area contributed by atoms with Gasteiger partial charge in [0, 0.05) is 0 Å². The molecule has 2 nitrogen and oxygen atoms in total. The SMILES string of the molecule is Cc1cc(C(F)(F)F)ccc1[C@H](O)CCN. The Bertz CT molecular complexity index is 363. The molecule has 1 rings (SSSR count). The molecule has 0 heterocycles. The van der Waals surface area contributed by atoms with Crippen molar-refractivity contribution in [3.8, 4) is 0 Å². The first-order valence-corrected chi connectivity index (χ1v) is 4.92. The van der Waals surface area contributed by atoms with Gasteiger partial charge in [0.15, 0.2) is 0 Å². The fourth-order valence-corrected chi connectivity index (χ4v) is 1.54. The van der Waals surface area contributed by atoms with Crippen LogP contribution in [-0.2, 0) is 6.18 Å². The lowest BCUT2D eigenvalue weighted by Crippen LogP contribution is -2.10. The van der Waals surface area contributed by atoms with E-state index in [1.165, 1.54) is 6.07 Å². The summed E-state index contributed by atoms with van der Waals surface area (Å²) in [5.41, 5.74) is 5.50. The van der Waals surface area contributed by atoms with Crippen LogP contribution in [0.4, 0.5) is 13.2 Å². The molecule has 0 aliphatic carbocycles. The van der Waals surface area contributed by atoms with Gasteiger partial charge in [0.2, 0.25) is 0 Å². The predicted octanol–water partition coefficient (Wildman–Crippen LogP) is 2.40. The van der Waals surface area contributed by atoms with Crippen molar-refractivity contribution in [2.24, 2.45) is 5.73 Å². The van der Waals surface area contributed by atoms with Gasteiger partial charge in [0.1, 0.15) is 0 Å². The van der Waals surface area contributed by atoms with E-state index in [-0.39, 0.29) is 0 Å². The average Bonchev–Trinajstić information content (AvgIpc) is 2.16. The van der Waals surface area contributed by atoms with Crippen LogP contribution in [0, 0.1) is 6.92 Å². The van der Waals surface area contributed by atoms with Crippen molar-refractivity contribution in [1.82, 2.24) is 0 Å². The largest absolute Gasteiger partial charge is 0.416 e. The molecule has 0 fully saturated rings. The Morgan fingerprint density at radius 2 is 2.00 bits per heavy atom.